The number of hydrogen-bond acceptors (Lipinski definition) is 4. The molecule has 0 spiro atoms. The highest BCUT2D eigenvalue weighted by atomic mass is 79.9. The average Bonchev–Trinajstić information content (AvgIpc) is 2.49. The molecule has 0 aliphatic rings. The fourth-order valence-corrected chi connectivity index (χ4v) is 2.40. The normalized spacial score (nSPS) is 10.4. The van der Waals surface area contributed by atoms with Crippen LogP contribution in [-0.2, 0) is 11.8 Å². The molecule has 0 unspecified atom stereocenters. The summed E-state index contributed by atoms with van der Waals surface area (Å²) < 4.78 is 5.71. The first kappa shape index (κ1) is 15.4. The lowest BCUT2D eigenvalue weighted by atomic mass is 10.1. The van der Waals surface area contributed by atoms with E-state index in [1.165, 1.54) is 6.07 Å². The van der Waals surface area contributed by atoms with Gasteiger partial charge >= 0.3 is 0 Å². The molecule has 6 heteroatoms. The van der Waals surface area contributed by atoms with Crippen molar-refractivity contribution in [2.24, 2.45) is 0 Å². The molecule has 0 bridgehead atoms. The van der Waals surface area contributed by atoms with Gasteiger partial charge in [0.15, 0.2) is 0 Å². The average molecular weight is 351 g/mol. The zero-order chi connectivity index (χ0) is 15.2. The highest BCUT2D eigenvalue weighted by molar-refractivity contribution is 9.08. The minimum absolute atomic E-state index is 0.129. The fourth-order valence-electron chi connectivity index (χ4n) is 2.00. The van der Waals surface area contributed by atoms with Crippen LogP contribution in [0.15, 0.2) is 36.4 Å². The Morgan fingerprint density at radius 1 is 1.29 bits per heavy atom. The number of ether oxygens (including phenoxy) is 1. The van der Waals surface area contributed by atoms with Crippen molar-refractivity contribution in [3.63, 3.8) is 0 Å². The fraction of sp³-hybridized carbons (Fsp3) is 0.267. The van der Waals surface area contributed by atoms with Crippen LogP contribution in [-0.4, -0.2) is 16.5 Å². The van der Waals surface area contributed by atoms with Crippen molar-refractivity contribution < 1.29 is 9.66 Å². The van der Waals surface area contributed by atoms with Gasteiger partial charge in [-0.1, -0.05) is 34.1 Å². The van der Waals surface area contributed by atoms with Crippen LogP contribution in [0.25, 0.3) is 0 Å². The van der Waals surface area contributed by atoms with Gasteiger partial charge in [0.25, 0.3) is 5.69 Å². The second-order valence-electron chi connectivity index (χ2n) is 4.52. The van der Waals surface area contributed by atoms with Crippen LogP contribution in [0.1, 0.15) is 17.0 Å². The van der Waals surface area contributed by atoms with E-state index in [9.17, 15) is 10.1 Å². The van der Waals surface area contributed by atoms with Crippen LogP contribution < -0.4 is 4.74 Å². The predicted octanol–water partition coefficient (Wildman–Crippen LogP) is 3.81. The molecule has 0 aliphatic heterocycles. The Morgan fingerprint density at radius 3 is 2.76 bits per heavy atom. The summed E-state index contributed by atoms with van der Waals surface area (Å²) in [7, 11) is 0. The SMILES string of the molecule is Cc1ccc(OCCc2ccccc2[N+](=O)[O-])c(CBr)n1. The maximum absolute atomic E-state index is 10.9. The number of benzene rings is 1. The number of para-hydroxylation sites is 1. The molecule has 0 amide bonds. The number of hydrogen-bond donors (Lipinski definition) is 0. The largest absolute Gasteiger partial charge is 0.491 e. The lowest BCUT2D eigenvalue weighted by Gasteiger charge is -2.10. The molecule has 1 aromatic heterocycles. The third-order valence-corrected chi connectivity index (χ3v) is 3.55. The quantitative estimate of drug-likeness (QED) is 0.451. The molecule has 0 N–H and O–H groups in total. The molecule has 0 saturated heterocycles. The summed E-state index contributed by atoms with van der Waals surface area (Å²) in [5, 5.41) is 11.5. The van der Waals surface area contributed by atoms with Gasteiger partial charge in [-0.05, 0) is 19.1 Å². The Balaban J connectivity index is 2.04. The number of rotatable bonds is 6. The van der Waals surface area contributed by atoms with Crippen molar-refractivity contribution in [1.29, 1.82) is 0 Å². The molecule has 1 heterocycles. The molecule has 2 aromatic rings. The number of alkyl halides is 1. The predicted molar refractivity (Wildman–Crippen MR) is 83.9 cm³/mol. The number of pyridine rings is 1. The van der Waals surface area contributed by atoms with Crippen molar-refractivity contribution in [3.8, 4) is 5.75 Å². The lowest BCUT2D eigenvalue weighted by Crippen LogP contribution is -2.06. The summed E-state index contributed by atoms with van der Waals surface area (Å²) in [5.74, 6) is 0.705. The van der Waals surface area contributed by atoms with Crippen molar-refractivity contribution >= 4 is 21.6 Å². The van der Waals surface area contributed by atoms with Gasteiger partial charge in [-0.25, -0.2) is 0 Å². The van der Waals surface area contributed by atoms with E-state index in [0.717, 1.165) is 11.4 Å². The van der Waals surface area contributed by atoms with Crippen LogP contribution in [0, 0.1) is 17.0 Å². The van der Waals surface area contributed by atoms with Gasteiger partial charge < -0.3 is 4.74 Å². The zero-order valence-corrected chi connectivity index (χ0v) is 13.2. The molecule has 2 rings (SSSR count). The van der Waals surface area contributed by atoms with Crippen molar-refractivity contribution in [2.45, 2.75) is 18.7 Å². The second kappa shape index (κ2) is 7.17. The van der Waals surface area contributed by atoms with E-state index in [1.54, 1.807) is 18.2 Å². The summed E-state index contributed by atoms with van der Waals surface area (Å²) in [6.45, 7) is 2.29. The van der Waals surface area contributed by atoms with E-state index in [4.69, 9.17) is 4.74 Å². The Bertz CT molecular complexity index is 647. The van der Waals surface area contributed by atoms with E-state index in [0.29, 0.717) is 29.7 Å². The minimum Gasteiger partial charge on any atom is -0.491 e. The van der Waals surface area contributed by atoms with Gasteiger partial charge in [-0.2, -0.15) is 0 Å². The highest BCUT2D eigenvalue weighted by Crippen LogP contribution is 2.21. The van der Waals surface area contributed by atoms with Gasteiger partial charge in [0, 0.05) is 29.1 Å². The van der Waals surface area contributed by atoms with Crippen LogP contribution in [0.2, 0.25) is 0 Å². The maximum Gasteiger partial charge on any atom is 0.272 e. The minimum atomic E-state index is -0.368. The molecule has 0 aliphatic carbocycles. The van der Waals surface area contributed by atoms with E-state index in [-0.39, 0.29) is 10.6 Å². The van der Waals surface area contributed by atoms with E-state index in [1.807, 2.05) is 19.1 Å². The molecular weight excluding hydrogens is 336 g/mol. The molecular formula is C15H15BrN2O3. The Labute approximate surface area is 131 Å². The number of aryl methyl sites for hydroxylation is 1. The number of nitro benzene ring substituents is 1. The molecule has 0 saturated carbocycles. The molecule has 5 nitrogen and oxygen atoms in total. The van der Waals surface area contributed by atoms with Gasteiger partial charge in [-0.15, -0.1) is 0 Å². The Morgan fingerprint density at radius 2 is 2.05 bits per heavy atom. The highest BCUT2D eigenvalue weighted by Gasteiger charge is 2.12. The molecule has 21 heavy (non-hydrogen) atoms. The van der Waals surface area contributed by atoms with E-state index >= 15 is 0 Å². The van der Waals surface area contributed by atoms with Crippen molar-refractivity contribution in [1.82, 2.24) is 4.98 Å². The molecule has 110 valence electrons. The van der Waals surface area contributed by atoms with E-state index < -0.39 is 0 Å². The van der Waals surface area contributed by atoms with Gasteiger partial charge in [0.2, 0.25) is 0 Å². The first-order valence-corrected chi connectivity index (χ1v) is 7.61. The third-order valence-electron chi connectivity index (χ3n) is 3.02. The Hall–Kier alpha value is -1.95. The summed E-state index contributed by atoms with van der Waals surface area (Å²) in [6, 6.07) is 10.5. The van der Waals surface area contributed by atoms with Gasteiger partial charge in [-0.3, -0.25) is 15.1 Å². The first-order valence-electron chi connectivity index (χ1n) is 6.49. The van der Waals surface area contributed by atoms with Gasteiger partial charge in [0.05, 0.1) is 17.2 Å². The first-order chi connectivity index (χ1) is 10.1. The molecule has 0 fully saturated rings. The summed E-state index contributed by atoms with van der Waals surface area (Å²) in [5.41, 5.74) is 2.56. The number of nitrogens with zero attached hydrogens (tertiary/aromatic N) is 2. The molecule has 0 radical (unpaired) electrons. The molecule has 0 atom stereocenters. The van der Waals surface area contributed by atoms with Gasteiger partial charge in [0.1, 0.15) is 5.75 Å². The molecule has 1 aromatic carbocycles. The second-order valence-corrected chi connectivity index (χ2v) is 5.08. The van der Waals surface area contributed by atoms with Crippen molar-refractivity contribution in [3.05, 3.63) is 63.5 Å². The third kappa shape index (κ3) is 4.01. The maximum atomic E-state index is 10.9. The number of halogens is 1. The van der Waals surface area contributed by atoms with Crippen LogP contribution >= 0.6 is 15.9 Å². The topological polar surface area (TPSA) is 65.3 Å². The van der Waals surface area contributed by atoms with Crippen LogP contribution in [0.4, 0.5) is 5.69 Å². The Kier molecular flexibility index (Phi) is 5.27. The number of aromatic nitrogens is 1. The monoisotopic (exact) mass is 350 g/mol. The number of nitro groups is 1. The summed E-state index contributed by atoms with van der Waals surface area (Å²) in [4.78, 5) is 15.0. The zero-order valence-electron chi connectivity index (χ0n) is 11.6. The van der Waals surface area contributed by atoms with Crippen LogP contribution in [0.5, 0.6) is 5.75 Å². The standard InChI is InChI=1S/C15H15BrN2O3/c1-11-6-7-15(13(10-16)17-11)21-9-8-12-4-2-3-5-14(12)18(19)20/h2-7H,8-10H2,1H3. The summed E-state index contributed by atoms with van der Waals surface area (Å²) >= 11 is 3.38. The van der Waals surface area contributed by atoms with E-state index in [2.05, 4.69) is 20.9 Å². The van der Waals surface area contributed by atoms with Crippen LogP contribution in [0.3, 0.4) is 0 Å². The smallest absolute Gasteiger partial charge is 0.272 e. The summed E-state index contributed by atoms with van der Waals surface area (Å²) in [6.07, 6.45) is 0.479. The lowest BCUT2D eigenvalue weighted by molar-refractivity contribution is -0.385. The van der Waals surface area contributed by atoms with Crippen molar-refractivity contribution in [2.75, 3.05) is 6.61 Å².